The Hall–Kier alpha value is -1.15. The molecular weight excluding hydrogens is 563 g/mol. The Morgan fingerprint density at radius 2 is 1.15 bits per heavy atom. The van der Waals surface area contributed by atoms with Crippen LogP contribution >= 0.6 is 7.82 Å². The topological polar surface area (TPSA) is 210 Å². The third kappa shape index (κ3) is 15.2. The first-order valence-corrected chi connectivity index (χ1v) is 16.3. The quantitative estimate of drug-likeness (QED) is 0.0588. The van der Waals surface area contributed by atoms with E-state index >= 15 is 0 Å². The highest BCUT2D eigenvalue weighted by atomic mass is 31.2. The number of hydrogen-bond donors (Lipinski definition) is 6. The molecule has 13 nitrogen and oxygen atoms in total. The Kier molecular flexibility index (Phi) is 19.1. The van der Waals surface area contributed by atoms with E-state index in [1.165, 1.54) is 44.9 Å². The van der Waals surface area contributed by atoms with Gasteiger partial charge in [-0.25, -0.2) is 4.57 Å². The van der Waals surface area contributed by atoms with Crippen molar-refractivity contribution in [2.45, 2.75) is 146 Å². The van der Waals surface area contributed by atoms with E-state index in [2.05, 4.69) is 6.92 Å². The Balaban J connectivity index is 2.46. The maximum absolute atomic E-state index is 12.5. The van der Waals surface area contributed by atoms with Crippen molar-refractivity contribution in [2.75, 3.05) is 13.2 Å². The highest BCUT2D eigenvalue weighted by Crippen LogP contribution is 2.47. The van der Waals surface area contributed by atoms with Crippen LogP contribution < -0.4 is 0 Å². The molecule has 0 aromatic rings. The van der Waals surface area contributed by atoms with Gasteiger partial charge in [-0.2, -0.15) is 0 Å². The number of phosphoric acid groups is 1. The van der Waals surface area contributed by atoms with Crippen molar-refractivity contribution < 1.29 is 63.1 Å². The van der Waals surface area contributed by atoms with Crippen LogP contribution in [-0.4, -0.2) is 98.3 Å². The molecule has 0 radical (unpaired) electrons. The predicted molar refractivity (Wildman–Crippen MR) is 148 cm³/mol. The first kappa shape index (κ1) is 37.9. The summed E-state index contributed by atoms with van der Waals surface area (Å²) in [6.45, 7) is 2.58. The molecule has 242 valence electrons. The van der Waals surface area contributed by atoms with Gasteiger partial charge < -0.3 is 39.9 Å². The lowest BCUT2D eigenvalue weighted by Crippen LogP contribution is -2.64. The molecule has 0 aliphatic heterocycles. The highest BCUT2D eigenvalue weighted by Gasteiger charge is 2.51. The lowest BCUT2D eigenvalue weighted by Gasteiger charge is -2.41. The molecule has 0 heterocycles. The monoisotopic (exact) mass is 614 g/mol. The number of rotatable bonds is 22. The smallest absolute Gasteiger partial charge is 0.462 e. The van der Waals surface area contributed by atoms with E-state index in [0.717, 1.165) is 25.7 Å². The summed E-state index contributed by atoms with van der Waals surface area (Å²) in [5.74, 6) is -1.20. The highest BCUT2D eigenvalue weighted by molar-refractivity contribution is 7.47. The molecule has 1 fully saturated rings. The minimum atomic E-state index is -5.07. The van der Waals surface area contributed by atoms with E-state index in [1.54, 1.807) is 6.92 Å². The minimum absolute atomic E-state index is 0.0515. The van der Waals surface area contributed by atoms with Gasteiger partial charge in [0.1, 0.15) is 43.2 Å². The molecule has 6 unspecified atom stereocenters. The lowest BCUT2D eigenvalue weighted by molar-refractivity contribution is -0.220. The van der Waals surface area contributed by atoms with Crippen LogP contribution in [0.15, 0.2) is 0 Å². The number of aliphatic hydroxyl groups is 5. The third-order valence-corrected chi connectivity index (χ3v) is 7.99. The molecule has 0 aromatic heterocycles. The summed E-state index contributed by atoms with van der Waals surface area (Å²) in [5, 5.41) is 49.2. The summed E-state index contributed by atoms with van der Waals surface area (Å²) < 4.78 is 32.3. The van der Waals surface area contributed by atoms with Gasteiger partial charge in [0.2, 0.25) is 0 Å². The molecule has 1 saturated carbocycles. The molecule has 0 saturated heterocycles. The number of hydrogen-bond acceptors (Lipinski definition) is 12. The maximum atomic E-state index is 12.5. The normalized spacial score (nSPS) is 26.7. The molecular formula is C27H51O13P. The number of esters is 2. The van der Waals surface area contributed by atoms with Gasteiger partial charge in [0, 0.05) is 12.8 Å². The van der Waals surface area contributed by atoms with Crippen LogP contribution in [-0.2, 0) is 32.7 Å². The van der Waals surface area contributed by atoms with E-state index in [-0.39, 0.29) is 12.8 Å². The fraction of sp³-hybridized carbons (Fsp3) is 0.926. The second-order valence-electron chi connectivity index (χ2n) is 10.6. The molecule has 41 heavy (non-hydrogen) atoms. The standard InChI is InChI=1S/C27H51O13P/c1-3-5-6-7-8-9-10-11-12-13-14-15-16-21(29)39-19(17-37-20(28)4-2)18-38-41(35,36)40-27-25(33)23(31)22(30)24(32)26(27)34/h19,22-27,30-34H,3-18H2,1-2H3,(H,35,36). The third-order valence-electron chi connectivity index (χ3n) is 7.00. The van der Waals surface area contributed by atoms with Crippen molar-refractivity contribution in [3.63, 3.8) is 0 Å². The second kappa shape index (κ2) is 20.7. The molecule has 14 heteroatoms. The Morgan fingerprint density at radius 3 is 1.63 bits per heavy atom. The predicted octanol–water partition coefficient (Wildman–Crippen LogP) is 2.26. The zero-order chi connectivity index (χ0) is 30.8. The first-order valence-electron chi connectivity index (χ1n) is 14.8. The molecule has 1 aliphatic carbocycles. The zero-order valence-corrected chi connectivity index (χ0v) is 25.2. The van der Waals surface area contributed by atoms with Crippen LogP contribution in [0.3, 0.4) is 0 Å². The molecule has 0 bridgehead atoms. The van der Waals surface area contributed by atoms with Crippen molar-refractivity contribution in [2.24, 2.45) is 0 Å². The van der Waals surface area contributed by atoms with Crippen molar-refractivity contribution >= 4 is 19.8 Å². The van der Waals surface area contributed by atoms with E-state index in [0.29, 0.717) is 6.42 Å². The molecule has 6 N–H and O–H groups in total. The summed E-state index contributed by atoms with van der Waals surface area (Å²) in [4.78, 5) is 34.0. The second-order valence-corrected chi connectivity index (χ2v) is 12.0. The van der Waals surface area contributed by atoms with E-state index in [1.807, 2.05) is 0 Å². The van der Waals surface area contributed by atoms with Gasteiger partial charge >= 0.3 is 19.8 Å². The summed E-state index contributed by atoms with van der Waals surface area (Å²) >= 11 is 0. The number of aliphatic hydroxyl groups excluding tert-OH is 5. The number of carbonyl (C=O) groups excluding carboxylic acids is 2. The molecule has 1 rings (SSSR count). The lowest BCUT2D eigenvalue weighted by atomic mass is 9.85. The van der Waals surface area contributed by atoms with Crippen LogP contribution in [0.25, 0.3) is 0 Å². The number of ether oxygens (including phenoxy) is 2. The summed E-state index contributed by atoms with van der Waals surface area (Å²) in [7, 11) is -5.07. The maximum Gasteiger partial charge on any atom is 0.472 e. The van der Waals surface area contributed by atoms with Crippen LogP contribution in [0.5, 0.6) is 0 Å². The van der Waals surface area contributed by atoms with E-state index in [4.69, 9.17) is 18.5 Å². The molecule has 1 aliphatic rings. The molecule has 6 atom stereocenters. The van der Waals surface area contributed by atoms with Gasteiger partial charge in [-0.3, -0.25) is 18.6 Å². The van der Waals surface area contributed by atoms with E-state index in [9.17, 15) is 44.6 Å². The molecule has 0 aromatic carbocycles. The number of carbonyl (C=O) groups is 2. The van der Waals surface area contributed by atoms with Crippen molar-refractivity contribution in [1.82, 2.24) is 0 Å². The average Bonchev–Trinajstić information content (AvgIpc) is 2.95. The Bertz CT molecular complexity index is 766. The van der Waals surface area contributed by atoms with Crippen LogP contribution in [0.4, 0.5) is 0 Å². The first-order chi connectivity index (χ1) is 19.4. The minimum Gasteiger partial charge on any atom is -0.462 e. The number of phosphoric ester groups is 1. The fourth-order valence-corrected chi connectivity index (χ4v) is 5.41. The van der Waals surface area contributed by atoms with Crippen molar-refractivity contribution in [3.8, 4) is 0 Å². The van der Waals surface area contributed by atoms with Gasteiger partial charge in [-0.1, -0.05) is 84.5 Å². The van der Waals surface area contributed by atoms with Crippen LogP contribution in [0, 0.1) is 0 Å². The zero-order valence-electron chi connectivity index (χ0n) is 24.3. The van der Waals surface area contributed by atoms with Gasteiger partial charge in [0.25, 0.3) is 0 Å². The van der Waals surface area contributed by atoms with E-state index < -0.39 is 75.7 Å². The Morgan fingerprint density at radius 1 is 0.683 bits per heavy atom. The van der Waals surface area contributed by atoms with Crippen LogP contribution in [0.2, 0.25) is 0 Å². The molecule has 0 amide bonds. The van der Waals surface area contributed by atoms with Gasteiger partial charge in [-0.05, 0) is 6.42 Å². The fourth-order valence-electron chi connectivity index (χ4n) is 4.44. The summed E-state index contributed by atoms with van der Waals surface area (Å²) in [6.07, 6.45) is 0.601. The average molecular weight is 615 g/mol. The summed E-state index contributed by atoms with van der Waals surface area (Å²) in [5.41, 5.74) is 0. The van der Waals surface area contributed by atoms with Crippen LogP contribution in [0.1, 0.15) is 104 Å². The largest absolute Gasteiger partial charge is 0.472 e. The van der Waals surface area contributed by atoms with Crippen molar-refractivity contribution in [3.05, 3.63) is 0 Å². The Labute approximate surface area is 242 Å². The van der Waals surface area contributed by atoms with Crippen molar-refractivity contribution in [1.29, 1.82) is 0 Å². The van der Waals surface area contributed by atoms with Gasteiger partial charge in [0.15, 0.2) is 6.10 Å². The van der Waals surface area contributed by atoms with Gasteiger partial charge in [-0.15, -0.1) is 0 Å². The van der Waals surface area contributed by atoms with Gasteiger partial charge in [0.05, 0.1) is 6.61 Å². The SMILES string of the molecule is CCCCCCCCCCCCCCC(=O)OC(COC(=O)CC)COP(=O)(O)OC1C(O)C(O)C(O)C(O)C1O. The number of unbranched alkanes of at least 4 members (excludes halogenated alkanes) is 11. The molecule has 0 spiro atoms. The summed E-state index contributed by atoms with van der Waals surface area (Å²) in [6, 6.07) is 0.